The fourth-order valence-electron chi connectivity index (χ4n) is 2.10. The van der Waals surface area contributed by atoms with Crippen LogP contribution in [0.25, 0.3) is 10.7 Å². The molecule has 0 radical (unpaired) electrons. The van der Waals surface area contributed by atoms with Crippen LogP contribution in [-0.2, 0) is 11.2 Å². The number of nitrogens with zero attached hydrogens (tertiary/aromatic N) is 2. The molecule has 0 saturated carbocycles. The molecule has 0 aliphatic heterocycles. The first-order chi connectivity index (χ1) is 11.1. The van der Waals surface area contributed by atoms with Crippen molar-refractivity contribution in [1.82, 2.24) is 9.97 Å². The second kappa shape index (κ2) is 6.89. The summed E-state index contributed by atoms with van der Waals surface area (Å²) < 4.78 is 0. The number of amides is 1. The molecule has 0 bridgehead atoms. The van der Waals surface area contributed by atoms with Gasteiger partial charge >= 0.3 is 0 Å². The van der Waals surface area contributed by atoms with Crippen molar-refractivity contribution in [3.05, 3.63) is 64.3 Å². The molecule has 1 N–H and O–H groups in total. The van der Waals surface area contributed by atoms with E-state index in [9.17, 15) is 4.79 Å². The molecule has 116 valence electrons. The van der Waals surface area contributed by atoms with Crippen LogP contribution in [0.2, 0.25) is 5.02 Å². The summed E-state index contributed by atoms with van der Waals surface area (Å²) in [6, 6.07) is 11.1. The quantitative estimate of drug-likeness (QED) is 0.766. The third-order valence-electron chi connectivity index (χ3n) is 3.32. The maximum atomic E-state index is 12.2. The smallest absolute Gasteiger partial charge is 0.230 e. The van der Waals surface area contributed by atoms with Gasteiger partial charge in [0, 0.05) is 22.3 Å². The molecule has 0 spiro atoms. The number of anilines is 1. The van der Waals surface area contributed by atoms with Gasteiger partial charge in [0.15, 0.2) is 0 Å². The van der Waals surface area contributed by atoms with E-state index in [1.165, 1.54) is 11.3 Å². The van der Waals surface area contributed by atoms with E-state index in [0.29, 0.717) is 5.02 Å². The van der Waals surface area contributed by atoms with Crippen molar-refractivity contribution >= 4 is 34.5 Å². The summed E-state index contributed by atoms with van der Waals surface area (Å²) in [5, 5.41) is 6.20. The SMILES string of the molecule is Cc1c(Cl)cccc1NC(=O)Cc1csc(-c2ccccn2)n1. The Labute approximate surface area is 143 Å². The Kier molecular flexibility index (Phi) is 4.69. The molecule has 1 amide bonds. The molecule has 3 rings (SSSR count). The average Bonchev–Trinajstić information content (AvgIpc) is 3.01. The van der Waals surface area contributed by atoms with Gasteiger partial charge in [0.05, 0.1) is 17.8 Å². The molecule has 2 heterocycles. The second-order valence-corrected chi connectivity index (χ2v) is 6.26. The fourth-order valence-corrected chi connectivity index (χ4v) is 3.07. The summed E-state index contributed by atoms with van der Waals surface area (Å²) in [7, 11) is 0. The minimum Gasteiger partial charge on any atom is -0.325 e. The van der Waals surface area contributed by atoms with Crippen LogP contribution in [0.4, 0.5) is 5.69 Å². The van der Waals surface area contributed by atoms with E-state index in [1.807, 2.05) is 42.6 Å². The number of thiazole rings is 1. The molecule has 0 saturated heterocycles. The van der Waals surface area contributed by atoms with E-state index < -0.39 is 0 Å². The van der Waals surface area contributed by atoms with Gasteiger partial charge in [-0.15, -0.1) is 11.3 Å². The van der Waals surface area contributed by atoms with E-state index in [0.717, 1.165) is 27.6 Å². The molecule has 1 aromatic carbocycles. The monoisotopic (exact) mass is 343 g/mol. The third-order valence-corrected chi connectivity index (χ3v) is 4.64. The highest BCUT2D eigenvalue weighted by Crippen LogP contribution is 2.24. The number of carbonyl (C=O) groups is 1. The Balaban J connectivity index is 1.69. The predicted molar refractivity (Wildman–Crippen MR) is 93.9 cm³/mol. The van der Waals surface area contributed by atoms with Gasteiger partial charge in [-0.2, -0.15) is 0 Å². The molecule has 0 atom stereocenters. The lowest BCUT2D eigenvalue weighted by atomic mass is 10.2. The molecular formula is C17H14ClN3OS. The van der Waals surface area contributed by atoms with Crippen molar-refractivity contribution in [2.45, 2.75) is 13.3 Å². The van der Waals surface area contributed by atoms with Crippen molar-refractivity contribution in [2.75, 3.05) is 5.32 Å². The largest absolute Gasteiger partial charge is 0.325 e. The summed E-state index contributed by atoms with van der Waals surface area (Å²) in [6.07, 6.45) is 1.94. The number of hydrogen-bond donors (Lipinski definition) is 1. The highest BCUT2D eigenvalue weighted by Gasteiger charge is 2.11. The number of pyridine rings is 1. The zero-order valence-corrected chi connectivity index (χ0v) is 14.0. The molecule has 0 fully saturated rings. The average molecular weight is 344 g/mol. The summed E-state index contributed by atoms with van der Waals surface area (Å²) in [6.45, 7) is 1.87. The Morgan fingerprint density at radius 2 is 2.13 bits per heavy atom. The summed E-state index contributed by atoms with van der Waals surface area (Å²) in [5.41, 5.74) is 3.13. The van der Waals surface area contributed by atoms with Crippen molar-refractivity contribution < 1.29 is 4.79 Å². The highest BCUT2D eigenvalue weighted by molar-refractivity contribution is 7.13. The third kappa shape index (κ3) is 3.75. The first-order valence-corrected chi connectivity index (χ1v) is 8.30. The lowest BCUT2D eigenvalue weighted by molar-refractivity contribution is -0.115. The standard InChI is InChI=1S/C17H14ClN3OS/c1-11-13(18)5-4-7-14(11)21-16(22)9-12-10-23-17(20-12)15-6-2-3-8-19-15/h2-8,10H,9H2,1H3,(H,21,22). The van der Waals surface area contributed by atoms with Crippen LogP contribution in [0, 0.1) is 6.92 Å². The molecule has 23 heavy (non-hydrogen) atoms. The maximum absolute atomic E-state index is 12.2. The van der Waals surface area contributed by atoms with Gasteiger partial charge in [-0.3, -0.25) is 9.78 Å². The van der Waals surface area contributed by atoms with Gasteiger partial charge in [0.2, 0.25) is 5.91 Å². The molecular weight excluding hydrogens is 330 g/mol. The normalized spacial score (nSPS) is 10.5. The van der Waals surface area contributed by atoms with E-state index in [1.54, 1.807) is 12.3 Å². The van der Waals surface area contributed by atoms with Crippen molar-refractivity contribution in [2.24, 2.45) is 0 Å². The minimum absolute atomic E-state index is 0.117. The summed E-state index contributed by atoms with van der Waals surface area (Å²) in [4.78, 5) is 20.9. The van der Waals surface area contributed by atoms with Gasteiger partial charge in [-0.05, 0) is 36.8 Å². The summed E-state index contributed by atoms with van der Waals surface area (Å²) in [5.74, 6) is -0.117. The van der Waals surface area contributed by atoms with Gasteiger partial charge < -0.3 is 5.32 Å². The minimum atomic E-state index is -0.117. The van der Waals surface area contributed by atoms with E-state index >= 15 is 0 Å². The van der Waals surface area contributed by atoms with Gasteiger partial charge in [0.25, 0.3) is 0 Å². The van der Waals surface area contributed by atoms with Crippen LogP contribution >= 0.6 is 22.9 Å². The molecule has 3 aromatic rings. The summed E-state index contributed by atoms with van der Waals surface area (Å²) >= 11 is 7.54. The van der Waals surface area contributed by atoms with Crippen LogP contribution in [0.1, 0.15) is 11.3 Å². The zero-order valence-electron chi connectivity index (χ0n) is 12.4. The van der Waals surface area contributed by atoms with Crippen LogP contribution in [-0.4, -0.2) is 15.9 Å². The van der Waals surface area contributed by atoms with Crippen molar-refractivity contribution in [3.63, 3.8) is 0 Å². The number of nitrogens with one attached hydrogen (secondary N) is 1. The Hall–Kier alpha value is -2.24. The topological polar surface area (TPSA) is 54.9 Å². The predicted octanol–water partition coefficient (Wildman–Crippen LogP) is 4.35. The van der Waals surface area contributed by atoms with E-state index in [-0.39, 0.29) is 12.3 Å². The molecule has 0 aliphatic carbocycles. The van der Waals surface area contributed by atoms with Crippen LogP contribution < -0.4 is 5.32 Å². The van der Waals surface area contributed by atoms with Crippen LogP contribution in [0.3, 0.4) is 0 Å². The highest BCUT2D eigenvalue weighted by atomic mass is 35.5. The zero-order chi connectivity index (χ0) is 16.2. The van der Waals surface area contributed by atoms with Crippen LogP contribution in [0.5, 0.6) is 0 Å². The lowest BCUT2D eigenvalue weighted by Gasteiger charge is -2.08. The number of hydrogen-bond acceptors (Lipinski definition) is 4. The van der Waals surface area contributed by atoms with E-state index in [4.69, 9.17) is 11.6 Å². The van der Waals surface area contributed by atoms with Crippen molar-refractivity contribution in [3.8, 4) is 10.7 Å². The number of halogens is 1. The fraction of sp³-hybridized carbons (Fsp3) is 0.118. The number of rotatable bonds is 4. The number of benzene rings is 1. The van der Waals surface area contributed by atoms with Crippen LogP contribution in [0.15, 0.2) is 48.0 Å². The Morgan fingerprint density at radius 1 is 1.26 bits per heavy atom. The second-order valence-electron chi connectivity index (χ2n) is 5.00. The first-order valence-electron chi connectivity index (χ1n) is 7.04. The lowest BCUT2D eigenvalue weighted by Crippen LogP contribution is -2.15. The molecule has 0 unspecified atom stereocenters. The Morgan fingerprint density at radius 3 is 2.91 bits per heavy atom. The van der Waals surface area contributed by atoms with Gasteiger partial charge in [0.1, 0.15) is 5.01 Å². The molecule has 0 aliphatic rings. The van der Waals surface area contributed by atoms with Crippen molar-refractivity contribution in [1.29, 1.82) is 0 Å². The first kappa shape index (κ1) is 15.6. The number of carbonyl (C=O) groups excluding carboxylic acids is 1. The maximum Gasteiger partial charge on any atom is 0.230 e. The van der Waals surface area contributed by atoms with Gasteiger partial charge in [-0.1, -0.05) is 23.7 Å². The molecule has 4 nitrogen and oxygen atoms in total. The van der Waals surface area contributed by atoms with E-state index in [2.05, 4.69) is 15.3 Å². The number of aromatic nitrogens is 2. The Bertz CT molecular complexity index is 833. The molecule has 2 aromatic heterocycles. The molecule has 6 heteroatoms. The van der Waals surface area contributed by atoms with Gasteiger partial charge in [-0.25, -0.2) is 4.98 Å².